The van der Waals surface area contributed by atoms with Crippen molar-refractivity contribution < 1.29 is 27.8 Å². The molecule has 2 aromatic carbocycles. The summed E-state index contributed by atoms with van der Waals surface area (Å²) in [5, 5.41) is 12.0. The Balaban J connectivity index is 1.81. The second kappa shape index (κ2) is 9.13. The Kier molecular flexibility index (Phi) is 6.54. The number of alkyl halides is 3. The summed E-state index contributed by atoms with van der Waals surface area (Å²) in [5.74, 6) is -1.29. The highest BCUT2D eigenvalue weighted by Crippen LogP contribution is 2.38. The summed E-state index contributed by atoms with van der Waals surface area (Å²) in [7, 11) is -1.31. The fourth-order valence-electron chi connectivity index (χ4n) is 3.62. The Bertz CT molecular complexity index is 1350. The fourth-order valence-corrected chi connectivity index (χ4v) is 4.60. The van der Waals surface area contributed by atoms with Gasteiger partial charge in [0.25, 0.3) is 0 Å². The number of phenolic OH excluding ortho intramolecular Hbond substituents is 1. The third-order valence-corrected chi connectivity index (χ3v) is 7.37. The van der Waals surface area contributed by atoms with Gasteiger partial charge in [0, 0.05) is 31.5 Å². The van der Waals surface area contributed by atoms with E-state index in [0.717, 1.165) is 17.5 Å². The summed E-state index contributed by atoms with van der Waals surface area (Å²) in [4.78, 5) is 4.70. The number of hydrogen-bond donors (Lipinski definition) is 1. The third-order valence-electron chi connectivity index (χ3n) is 5.36. The van der Waals surface area contributed by atoms with Crippen molar-refractivity contribution in [3.05, 3.63) is 53.6 Å². The summed E-state index contributed by atoms with van der Waals surface area (Å²) in [6.45, 7) is 7.43. The van der Waals surface area contributed by atoms with Gasteiger partial charge >= 0.3 is 6.36 Å². The van der Waals surface area contributed by atoms with Gasteiger partial charge in [-0.2, -0.15) is 0 Å². The molecule has 34 heavy (non-hydrogen) atoms. The lowest BCUT2D eigenvalue weighted by Gasteiger charge is -2.17. The van der Waals surface area contributed by atoms with Crippen LogP contribution in [0.3, 0.4) is 0 Å². The minimum Gasteiger partial charge on any atom is -0.504 e. The SMILES string of the molecule is C[Si](C)(C)CCOCn1c(-c2ccc3cccc(Cl)c3n2)cc2cc(OC(F)(F)F)c(O)cc21. The number of rotatable bonds is 7. The zero-order valence-electron chi connectivity index (χ0n) is 18.9. The first kappa shape index (κ1) is 24.4. The summed E-state index contributed by atoms with van der Waals surface area (Å²) in [6.07, 6.45) is -4.92. The van der Waals surface area contributed by atoms with Crippen LogP contribution in [0.15, 0.2) is 48.5 Å². The number of halogens is 4. The van der Waals surface area contributed by atoms with Gasteiger partial charge in [-0.3, -0.25) is 0 Å². The number of fused-ring (bicyclic) bond motifs is 2. The van der Waals surface area contributed by atoms with Gasteiger partial charge in [-0.15, -0.1) is 13.2 Å². The monoisotopic (exact) mass is 508 g/mol. The predicted molar refractivity (Wildman–Crippen MR) is 130 cm³/mol. The number of ether oxygens (including phenoxy) is 2. The largest absolute Gasteiger partial charge is 0.573 e. The molecule has 0 saturated carbocycles. The van der Waals surface area contributed by atoms with Crippen LogP contribution in [0.5, 0.6) is 11.5 Å². The third kappa shape index (κ3) is 5.48. The molecule has 0 spiro atoms. The highest BCUT2D eigenvalue weighted by atomic mass is 35.5. The van der Waals surface area contributed by atoms with Gasteiger partial charge in [0.15, 0.2) is 11.5 Å². The maximum atomic E-state index is 12.8. The summed E-state index contributed by atoms with van der Waals surface area (Å²) >= 11 is 6.34. The molecule has 180 valence electrons. The molecule has 0 amide bonds. The van der Waals surface area contributed by atoms with E-state index in [0.29, 0.717) is 39.4 Å². The molecule has 0 aliphatic carbocycles. The zero-order chi connectivity index (χ0) is 24.7. The standard InChI is InChI=1S/C24H24ClF3N2O3Si/c1-34(2,3)10-9-32-14-30-19-13-21(31)22(33-24(26,27)28)12-16(19)11-20(30)18-8-7-15-5-4-6-17(25)23(15)29-18/h4-8,11-13,31H,9-10,14H2,1-3H3. The molecule has 0 aliphatic rings. The number of aromatic nitrogens is 2. The van der Waals surface area contributed by atoms with Crippen LogP contribution in [-0.4, -0.2) is 35.7 Å². The van der Waals surface area contributed by atoms with E-state index in [2.05, 4.69) is 24.4 Å². The summed E-state index contributed by atoms with van der Waals surface area (Å²) in [6, 6.07) is 14.2. The fraction of sp³-hybridized carbons (Fsp3) is 0.292. The van der Waals surface area contributed by atoms with Gasteiger partial charge in [0.2, 0.25) is 0 Å². The van der Waals surface area contributed by atoms with E-state index < -0.39 is 25.9 Å². The van der Waals surface area contributed by atoms with E-state index in [1.807, 2.05) is 24.3 Å². The topological polar surface area (TPSA) is 56.5 Å². The Labute approximate surface area is 200 Å². The molecular formula is C24H24ClF3N2O3Si. The Morgan fingerprint density at radius 2 is 1.82 bits per heavy atom. The van der Waals surface area contributed by atoms with Crippen LogP contribution >= 0.6 is 11.6 Å². The molecule has 0 bridgehead atoms. The second-order valence-electron chi connectivity index (χ2n) is 9.24. The molecule has 0 atom stereocenters. The zero-order valence-corrected chi connectivity index (χ0v) is 20.7. The van der Waals surface area contributed by atoms with Crippen molar-refractivity contribution >= 4 is 41.5 Å². The maximum absolute atomic E-state index is 12.8. The quantitative estimate of drug-likeness (QED) is 0.208. The van der Waals surface area contributed by atoms with Crippen LogP contribution in [0.1, 0.15) is 0 Å². The van der Waals surface area contributed by atoms with Crippen molar-refractivity contribution in [2.24, 2.45) is 0 Å². The van der Waals surface area contributed by atoms with E-state index in [1.54, 1.807) is 16.7 Å². The van der Waals surface area contributed by atoms with Gasteiger partial charge in [-0.25, -0.2) is 4.98 Å². The highest BCUT2D eigenvalue weighted by Gasteiger charge is 2.32. The molecule has 0 fully saturated rings. The number of phenols is 1. The van der Waals surface area contributed by atoms with E-state index in [1.165, 1.54) is 6.07 Å². The van der Waals surface area contributed by atoms with E-state index >= 15 is 0 Å². The first-order valence-corrected chi connectivity index (χ1v) is 14.8. The molecule has 0 radical (unpaired) electrons. The lowest BCUT2D eigenvalue weighted by Crippen LogP contribution is -2.22. The first-order valence-electron chi connectivity index (χ1n) is 10.7. The van der Waals surface area contributed by atoms with Crippen molar-refractivity contribution in [3.8, 4) is 22.9 Å². The van der Waals surface area contributed by atoms with Crippen molar-refractivity contribution in [2.45, 2.75) is 38.8 Å². The second-order valence-corrected chi connectivity index (χ2v) is 15.3. The number of para-hydroxylation sites is 1. The maximum Gasteiger partial charge on any atom is 0.573 e. The molecule has 5 nitrogen and oxygen atoms in total. The molecule has 4 aromatic rings. The molecule has 1 N–H and O–H groups in total. The minimum atomic E-state index is -4.92. The van der Waals surface area contributed by atoms with Crippen LogP contribution in [0.25, 0.3) is 33.2 Å². The highest BCUT2D eigenvalue weighted by molar-refractivity contribution is 6.76. The average molecular weight is 509 g/mol. The molecular weight excluding hydrogens is 485 g/mol. The normalized spacial score (nSPS) is 12.6. The van der Waals surface area contributed by atoms with Crippen molar-refractivity contribution in [1.29, 1.82) is 0 Å². The van der Waals surface area contributed by atoms with E-state index in [-0.39, 0.29) is 6.73 Å². The molecule has 2 aromatic heterocycles. The van der Waals surface area contributed by atoms with Gasteiger partial charge in [0.05, 0.1) is 27.4 Å². The Hall–Kier alpha value is -2.75. The molecule has 10 heteroatoms. The number of benzene rings is 2. The van der Waals surface area contributed by atoms with Crippen LogP contribution in [0, 0.1) is 0 Å². The van der Waals surface area contributed by atoms with Crippen molar-refractivity contribution in [3.63, 3.8) is 0 Å². The first-order chi connectivity index (χ1) is 15.9. The van der Waals surface area contributed by atoms with Crippen LogP contribution in [0.4, 0.5) is 13.2 Å². The van der Waals surface area contributed by atoms with Crippen molar-refractivity contribution in [1.82, 2.24) is 9.55 Å². The van der Waals surface area contributed by atoms with Crippen molar-refractivity contribution in [2.75, 3.05) is 6.61 Å². The molecule has 0 saturated heterocycles. The Morgan fingerprint density at radius 1 is 1.06 bits per heavy atom. The lowest BCUT2D eigenvalue weighted by molar-refractivity contribution is -0.275. The molecule has 0 aliphatic heterocycles. The lowest BCUT2D eigenvalue weighted by atomic mass is 10.1. The number of pyridine rings is 1. The van der Waals surface area contributed by atoms with Gasteiger partial charge < -0.3 is 19.1 Å². The van der Waals surface area contributed by atoms with Crippen LogP contribution < -0.4 is 4.74 Å². The van der Waals surface area contributed by atoms with Crippen LogP contribution in [-0.2, 0) is 11.5 Å². The Morgan fingerprint density at radius 3 is 2.53 bits per heavy atom. The molecule has 2 heterocycles. The number of nitrogens with zero attached hydrogens (tertiary/aromatic N) is 2. The summed E-state index contributed by atoms with van der Waals surface area (Å²) in [5.41, 5.74) is 2.30. The number of hydrogen-bond acceptors (Lipinski definition) is 4. The van der Waals surface area contributed by atoms with Gasteiger partial charge in [0.1, 0.15) is 6.73 Å². The van der Waals surface area contributed by atoms with Crippen LogP contribution in [0.2, 0.25) is 30.7 Å². The van der Waals surface area contributed by atoms with E-state index in [4.69, 9.17) is 21.3 Å². The van der Waals surface area contributed by atoms with E-state index in [9.17, 15) is 18.3 Å². The van der Waals surface area contributed by atoms with Gasteiger partial charge in [-0.1, -0.05) is 49.4 Å². The number of aromatic hydroxyl groups is 1. The summed E-state index contributed by atoms with van der Waals surface area (Å²) < 4.78 is 50.0. The van der Waals surface area contributed by atoms with Gasteiger partial charge in [-0.05, 0) is 30.3 Å². The molecule has 0 unspecified atom stereocenters. The predicted octanol–water partition coefficient (Wildman–Crippen LogP) is 7.43. The minimum absolute atomic E-state index is 0.143. The average Bonchev–Trinajstić information content (AvgIpc) is 3.07. The smallest absolute Gasteiger partial charge is 0.504 e. The molecule has 4 rings (SSSR count).